The van der Waals surface area contributed by atoms with Gasteiger partial charge in [-0.2, -0.15) is 0 Å². The van der Waals surface area contributed by atoms with Crippen LogP contribution >= 0.6 is 0 Å². The first-order valence-electron chi connectivity index (χ1n) is 6.25. The molecule has 0 radical (unpaired) electrons. The van der Waals surface area contributed by atoms with E-state index in [1.54, 1.807) is 34.0 Å². The van der Waals surface area contributed by atoms with E-state index in [0.29, 0.717) is 5.56 Å². The van der Waals surface area contributed by atoms with E-state index < -0.39 is 9.84 Å². The molecule has 20 heavy (non-hydrogen) atoms. The van der Waals surface area contributed by atoms with E-state index in [-0.39, 0.29) is 29.9 Å². The average Bonchev–Trinajstić information content (AvgIpc) is 2.85. The summed E-state index contributed by atoms with van der Waals surface area (Å²) in [5, 5.41) is 4.11. The van der Waals surface area contributed by atoms with Crippen molar-refractivity contribution in [2.45, 2.75) is 12.6 Å². The van der Waals surface area contributed by atoms with E-state index in [9.17, 15) is 13.2 Å². The van der Waals surface area contributed by atoms with E-state index in [4.69, 9.17) is 0 Å². The molecule has 3 rings (SSSR count). The first-order chi connectivity index (χ1) is 9.53. The highest BCUT2D eigenvalue weighted by molar-refractivity contribution is 7.92. The third-order valence-corrected chi connectivity index (χ3v) is 5.07. The topological polar surface area (TPSA) is 72.9 Å². The van der Waals surface area contributed by atoms with Crippen LogP contribution in [0.25, 0.3) is 0 Å². The molecule has 1 aliphatic heterocycles. The highest BCUT2D eigenvalue weighted by atomic mass is 32.2. The molecule has 0 amide bonds. The summed E-state index contributed by atoms with van der Waals surface area (Å²) >= 11 is 0. The second-order valence-corrected chi connectivity index (χ2v) is 7.07. The van der Waals surface area contributed by atoms with Crippen molar-refractivity contribution in [3.63, 3.8) is 0 Å². The van der Waals surface area contributed by atoms with Crippen molar-refractivity contribution in [1.82, 2.24) is 9.78 Å². The average molecular weight is 292 g/mol. The third-order valence-electron chi connectivity index (χ3n) is 3.29. The van der Waals surface area contributed by atoms with Gasteiger partial charge in [-0.25, -0.2) is 13.0 Å². The molecule has 6 nitrogen and oxygen atoms in total. The number of hydrogen-bond donors (Lipinski definition) is 0. The fraction of sp³-hybridized carbons (Fsp3) is 0.308. The Bertz CT molecular complexity index is 725. The van der Waals surface area contributed by atoms with E-state index in [2.05, 4.69) is 5.10 Å². The molecule has 1 aliphatic rings. The lowest BCUT2D eigenvalue weighted by Gasteiger charge is -2.20. The van der Waals surface area contributed by atoms with Crippen molar-refractivity contribution >= 4 is 15.6 Å². The summed E-state index contributed by atoms with van der Waals surface area (Å²) in [6.45, 7) is 0.198. The largest absolute Gasteiger partial charge is 0.291 e. The molecule has 0 unspecified atom stereocenters. The zero-order chi connectivity index (χ0) is 14.2. The Hall–Kier alpha value is -2.02. The van der Waals surface area contributed by atoms with Gasteiger partial charge in [0, 0.05) is 10.7 Å². The lowest BCUT2D eigenvalue weighted by molar-refractivity contribution is -0.684. The van der Waals surface area contributed by atoms with Gasteiger partial charge < -0.3 is 0 Å². The Morgan fingerprint density at radius 2 is 2.00 bits per heavy atom. The first kappa shape index (κ1) is 13.0. The van der Waals surface area contributed by atoms with Crippen LogP contribution in [-0.2, 0) is 16.4 Å². The van der Waals surface area contributed by atoms with Crippen molar-refractivity contribution in [2.75, 3.05) is 11.5 Å². The maximum absolute atomic E-state index is 12.0. The molecule has 0 bridgehead atoms. The van der Waals surface area contributed by atoms with Crippen molar-refractivity contribution in [1.29, 1.82) is 0 Å². The van der Waals surface area contributed by atoms with Gasteiger partial charge in [0.15, 0.2) is 15.6 Å². The van der Waals surface area contributed by atoms with Crippen LogP contribution in [0.5, 0.6) is 0 Å². The Balaban J connectivity index is 1.68. The Kier molecular flexibility index (Phi) is 3.13. The highest BCUT2D eigenvalue weighted by Crippen LogP contribution is 2.21. The second-order valence-electron chi connectivity index (χ2n) is 4.92. The molecular formula is C13H14N3O3S+. The molecule has 0 atom stereocenters. The maximum Gasteiger partial charge on any atom is 0.265 e. The van der Waals surface area contributed by atoms with E-state index >= 15 is 0 Å². The van der Waals surface area contributed by atoms with Gasteiger partial charge in [-0.3, -0.25) is 4.79 Å². The van der Waals surface area contributed by atoms with Crippen LogP contribution in [-0.4, -0.2) is 35.5 Å². The normalized spacial score (nSPS) is 17.6. The summed E-state index contributed by atoms with van der Waals surface area (Å²) in [6, 6.07) is 8.94. The zero-order valence-corrected chi connectivity index (χ0v) is 11.5. The number of benzene rings is 1. The quantitative estimate of drug-likeness (QED) is 0.588. The summed E-state index contributed by atoms with van der Waals surface area (Å²) in [5.74, 6) is 0.249. The number of nitrogens with zero attached hydrogens (tertiary/aromatic N) is 3. The molecule has 0 spiro atoms. The molecule has 1 aromatic carbocycles. The predicted octanol–water partition coefficient (Wildman–Crippen LogP) is 0.0230. The van der Waals surface area contributed by atoms with Crippen molar-refractivity contribution < 1.29 is 17.8 Å². The van der Waals surface area contributed by atoms with Gasteiger partial charge in [0.05, 0.1) is 11.5 Å². The van der Waals surface area contributed by atoms with Crippen molar-refractivity contribution in [2.24, 2.45) is 0 Å². The Morgan fingerprint density at radius 3 is 2.65 bits per heavy atom. The fourth-order valence-corrected chi connectivity index (χ4v) is 3.56. The maximum atomic E-state index is 12.0. The molecule has 1 aromatic heterocycles. The zero-order valence-electron chi connectivity index (χ0n) is 10.7. The van der Waals surface area contributed by atoms with Crippen LogP contribution in [0.2, 0.25) is 0 Å². The minimum absolute atomic E-state index is 0.00335. The van der Waals surface area contributed by atoms with Gasteiger partial charge >= 0.3 is 0 Å². The lowest BCUT2D eigenvalue weighted by Crippen LogP contribution is -2.40. The summed E-state index contributed by atoms with van der Waals surface area (Å²) in [7, 11) is -2.87. The van der Waals surface area contributed by atoms with Crippen molar-refractivity contribution in [3.8, 4) is 0 Å². The minimum Gasteiger partial charge on any atom is -0.291 e. The molecule has 2 aromatic rings. The number of hydrogen-bond acceptors (Lipinski definition) is 4. The van der Waals surface area contributed by atoms with Crippen LogP contribution in [0.15, 0.2) is 43.0 Å². The van der Waals surface area contributed by atoms with Gasteiger partial charge in [-0.05, 0) is 0 Å². The number of ketones is 1. The van der Waals surface area contributed by atoms with Crippen LogP contribution < -0.4 is 4.57 Å². The summed E-state index contributed by atoms with van der Waals surface area (Å²) in [4.78, 5) is 12.0. The van der Waals surface area contributed by atoms with E-state index in [1.807, 2.05) is 18.2 Å². The number of carbonyl (C=O) groups excluding carboxylic acids is 1. The molecular weight excluding hydrogens is 278 g/mol. The summed E-state index contributed by atoms with van der Waals surface area (Å²) < 4.78 is 25.6. The molecule has 104 valence electrons. The highest BCUT2D eigenvalue weighted by Gasteiger charge is 2.39. The molecule has 0 aliphatic carbocycles. The summed E-state index contributed by atoms with van der Waals surface area (Å²) in [6.07, 6.45) is 3.23. The lowest BCUT2D eigenvalue weighted by atomic mass is 10.1. The second kappa shape index (κ2) is 4.82. The summed E-state index contributed by atoms with van der Waals surface area (Å²) in [5.41, 5.74) is 0.652. The number of Topliss-reactive ketones (excluding diaryl/α,β-unsaturated/α-hetero) is 1. The smallest absolute Gasteiger partial charge is 0.265 e. The predicted molar refractivity (Wildman–Crippen MR) is 70.9 cm³/mol. The molecule has 1 saturated heterocycles. The van der Waals surface area contributed by atoms with Crippen molar-refractivity contribution in [3.05, 3.63) is 48.5 Å². The fourth-order valence-electron chi connectivity index (χ4n) is 2.18. The van der Waals surface area contributed by atoms with Crippen LogP contribution in [0.1, 0.15) is 16.4 Å². The molecule has 0 N–H and O–H groups in total. The Morgan fingerprint density at radius 1 is 1.30 bits per heavy atom. The number of rotatable bonds is 4. The van der Waals surface area contributed by atoms with Crippen LogP contribution in [0, 0.1) is 0 Å². The Labute approximate surface area is 116 Å². The molecule has 0 saturated carbocycles. The number of carbonyl (C=O) groups is 1. The minimum atomic E-state index is -2.87. The van der Waals surface area contributed by atoms with Gasteiger partial charge in [-0.15, -0.1) is 4.68 Å². The first-order valence-corrected chi connectivity index (χ1v) is 8.07. The molecule has 1 fully saturated rings. The van der Waals surface area contributed by atoms with E-state index in [0.717, 1.165) is 0 Å². The van der Waals surface area contributed by atoms with Gasteiger partial charge in [0.1, 0.15) is 12.6 Å². The van der Waals surface area contributed by atoms with Gasteiger partial charge in [-0.1, -0.05) is 30.3 Å². The van der Waals surface area contributed by atoms with Crippen LogP contribution in [0.4, 0.5) is 0 Å². The van der Waals surface area contributed by atoms with E-state index in [1.165, 1.54) is 0 Å². The standard InChI is InChI=1S/C13H14N3O3S/c17-13(11-4-2-1-3-5-11)6-15-9-14-16(10-15)12-7-20(18,19)8-12/h1-5,9-10,12H,6-8H2/q+1. The molecule has 7 heteroatoms. The number of aromatic nitrogens is 3. The molecule has 2 heterocycles. The third kappa shape index (κ3) is 2.62. The van der Waals surface area contributed by atoms with Gasteiger partial charge in [0.2, 0.25) is 6.33 Å². The monoisotopic (exact) mass is 292 g/mol. The van der Waals surface area contributed by atoms with Crippen LogP contribution in [0.3, 0.4) is 0 Å². The van der Waals surface area contributed by atoms with Gasteiger partial charge in [0.25, 0.3) is 6.33 Å². The number of sulfone groups is 1. The SMILES string of the molecule is O=C(C[n+]1cnn(C2CS(=O)(=O)C2)c1)c1ccccc1.